The molecule has 2 aromatic heterocycles. The molecule has 0 aromatic carbocycles. The largest absolute Gasteiger partial charge is 0.478 e. The lowest BCUT2D eigenvalue weighted by Crippen LogP contribution is -2.39. The maximum absolute atomic E-state index is 12.3. The molecule has 0 spiro atoms. The fourth-order valence-corrected chi connectivity index (χ4v) is 2.28. The maximum Gasteiger partial charge on any atom is 0.336 e. The highest BCUT2D eigenvalue weighted by atomic mass is 16.4. The summed E-state index contributed by atoms with van der Waals surface area (Å²) in [5, 5.41) is 9.27. The van der Waals surface area contributed by atoms with Crippen LogP contribution in [0.4, 0.5) is 0 Å². The monoisotopic (exact) mass is 291 g/mol. The molecule has 0 atom stereocenters. The van der Waals surface area contributed by atoms with Gasteiger partial charge in [-0.25, -0.2) is 14.6 Å². The van der Waals surface area contributed by atoms with Crippen molar-refractivity contribution >= 4 is 17.0 Å². The Hall–Kier alpha value is -2.44. The van der Waals surface area contributed by atoms with Crippen LogP contribution >= 0.6 is 0 Å². The van der Waals surface area contributed by atoms with E-state index in [1.807, 2.05) is 6.92 Å². The van der Waals surface area contributed by atoms with E-state index in [4.69, 9.17) is 0 Å². The maximum atomic E-state index is 12.3. The number of carbonyl (C=O) groups is 1. The van der Waals surface area contributed by atoms with Crippen molar-refractivity contribution in [1.82, 2.24) is 14.1 Å². The van der Waals surface area contributed by atoms with Crippen LogP contribution in [0.1, 0.15) is 35.8 Å². The van der Waals surface area contributed by atoms with E-state index in [9.17, 15) is 19.5 Å². The number of hydrogen-bond donors (Lipinski definition) is 1. The van der Waals surface area contributed by atoms with Gasteiger partial charge in [-0.15, -0.1) is 0 Å². The number of aromatic carboxylic acids is 1. The smallest absolute Gasteiger partial charge is 0.336 e. The van der Waals surface area contributed by atoms with Crippen molar-refractivity contribution in [2.45, 2.75) is 33.2 Å². The van der Waals surface area contributed by atoms with Crippen molar-refractivity contribution in [3.05, 3.63) is 38.2 Å². The number of carboxylic acid groups (broad SMARTS) is 1. The molecule has 0 aliphatic rings. The van der Waals surface area contributed by atoms with Gasteiger partial charge in [0, 0.05) is 19.3 Å². The van der Waals surface area contributed by atoms with Crippen LogP contribution in [0.15, 0.2) is 15.7 Å². The normalized spacial score (nSPS) is 11.0. The molecule has 0 aliphatic heterocycles. The van der Waals surface area contributed by atoms with Gasteiger partial charge in [0.15, 0.2) is 5.65 Å². The second-order valence-corrected chi connectivity index (χ2v) is 4.97. The summed E-state index contributed by atoms with van der Waals surface area (Å²) in [5.41, 5.74) is -0.627. The molecule has 1 N–H and O–H groups in total. The van der Waals surface area contributed by atoms with E-state index in [2.05, 4.69) is 4.98 Å². The van der Waals surface area contributed by atoms with Gasteiger partial charge in [-0.3, -0.25) is 13.9 Å². The number of rotatable bonds is 4. The van der Waals surface area contributed by atoms with Crippen molar-refractivity contribution in [2.24, 2.45) is 7.05 Å². The molecule has 0 radical (unpaired) electrons. The lowest BCUT2D eigenvalue weighted by Gasteiger charge is -2.12. The number of pyridine rings is 1. The molecule has 0 fully saturated rings. The summed E-state index contributed by atoms with van der Waals surface area (Å²) in [6, 6.07) is 1.35. The average Bonchev–Trinajstić information content (AvgIpc) is 2.44. The van der Waals surface area contributed by atoms with Gasteiger partial charge >= 0.3 is 11.7 Å². The van der Waals surface area contributed by atoms with Gasteiger partial charge in [-0.2, -0.15) is 0 Å². The Labute approximate surface area is 120 Å². The molecule has 2 rings (SSSR count). The fraction of sp³-hybridized carbons (Fsp3) is 0.429. The van der Waals surface area contributed by atoms with Crippen molar-refractivity contribution < 1.29 is 9.90 Å². The Morgan fingerprint density at radius 3 is 2.62 bits per heavy atom. The summed E-state index contributed by atoms with van der Waals surface area (Å²) >= 11 is 0. The summed E-state index contributed by atoms with van der Waals surface area (Å²) in [6.45, 7) is 4.02. The Balaban J connectivity index is 3.00. The minimum Gasteiger partial charge on any atom is -0.478 e. The first-order valence-electron chi connectivity index (χ1n) is 6.73. The third-order valence-corrected chi connectivity index (χ3v) is 3.39. The van der Waals surface area contributed by atoms with Gasteiger partial charge in [0.2, 0.25) is 0 Å². The Kier molecular flexibility index (Phi) is 3.93. The van der Waals surface area contributed by atoms with E-state index in [-0.39, 0.29) is 16.6 Å². The van der Waals surface area contributed by atoms with E-state index < -0.39 is 17.2 Å². The molecule has 7 heteroatoms. The van der Waals surface area contributed by atoms with Crippen LogP contribution in [0.5, 0.6) is 0 Å². The van der Waals surface area contributed by atoms with Gasteiger partial charge in [0.1, 0.15) is 0 Å². The first-order chi connectivity index (χ1) is 9.88. The topological polar surface area (TPSA) is 94.2 Å². The molecule has 21 heavy (non-hydrogen) atoms. The van der Waals surface area contributed by atoms with E-state index in [0.717, 1.165) is 17.4 Å². The Bertz CT molecular complexity index is 833. The van der Waals surface area contributed by atoms with Crippen LogP contribution in [-0.2, 0) is 13.6 Å². The summed E-state index contributed by atoms with van der Waals surface area (Å²) in [5.74, 6) is -1.21. The zero-order chi connectivity index (χ0) is 15.7. The summed E-state index contributed by atoms with van der Waals surface area (Å²) in [7, 11) is 1.35. The van der Waals surface area contributed by atoms with E-state index in [1.54, 1.807) is 6.92 Å². The molecule has 0 unspecified atom stereocenters. The van der Waals surface area contributed by atoms with E-state index in [0.29, 0.717) is 12.2 Å². The number of nitrogens with zero attached hydrogens (tertiary/aromatic N) is 3. The third kappa shape index (κ3) is 2.46. The molecule has 0 aliphatic carbocycles. The predicted molar refractivity (Wildman–Crippen MR) is 77.8 cm³/mol. The number of aryl methyl sites for hydroxylation is 2. The summed E-state index contributed by atoms with van der Waals surface area (Å²) < 4.78 is 2.31. The summed E-state index contributed by atoms with van der Waals surface area (Å²) in [4.78, 5) is 40.1. The number of fused-ring (bicyclic) bond motifs is 1. The lowest BCUT2D eigenvalue weighted by molar-refractivity contribution is 0.0698. The van der Waals surface area contributed by atoms with Crippen LogP contribution in [0.25, 0.3) is 11.0 Å². The molecule has 0 saturated heterocycles. The van der Waals surface area contributed by atoms with Crippen molar-refractivity contribution in [3.8, 4) is 0 Å². The third-order valence-electron chi connectivity index (χ3n) is 3.39. The zero-order valence-electron chi connectivity index (χ0n) is 12.2. The molecule has 2 heterocycles. The highest BCUT2D eigenvalue weighted by Crippen LogP contribution is 2.14. The molecule has 0 saturated carbocycles. The van der Waals surface area contributed by atoms with Crippen LogP contribution in [-0.4, -0.2) is 25.2 Å². The molecule has 112 valence electrons. The number of aromatic nitrogens is 3. The van der Waals surface area contributed by atoms with E-state index in [1.165, 1.54) is 17.7 Å². The molecular formula is C14H17N3O4. The van der Waals surface area contributed by atoms with Gasteiger partial charge in [0.05, 0.1) is 10.9 Å². The van der Waals surface area contributed by atoms with E-state index >= 15 is 0 Å². The molecule has 0 bridgehead atoms. The molecule has 0 amide bonds. The highest BCUT2D eigenvalue weighted by Gasteiger charge is 2.19. The fourth-order valence-electron chi connectivity index (χ4n) is 2.28. The van der Waals surface area contributed by atoms with Gasteiger partial charge in [-0.1, -0.05) is 13.3 Å². The van der Waals surface area contributed by atoms with Crippen molar-refractivity contribution in [1.29, 1.82) is 0 Å². The number of carboxylic acids is 1. The SMILES string of the molecule is CCCCn1c(=O)n(C)c(=O)c2c(C(=O)O)cc(C)nc21. The van der Waals surface area contributed by atoms with Crippen LogP contribution in [0.2, 0.25) is 0 Å². The Morgan fingerprint density at radius 1 is 1.38 bits per heavy atom. The minimum atomic E-state index is -1.21. The molecular weight excluding hydrogens is 274 g/mol. The lowest BCUT2D eigenvalue weighted by atomic mass is 10.1. The number of unbranched alkanes of at least 4 members (excludes halogenated alkanes) is 1. The van der Waals surface area contributed by atoms with Gasteiger partial charge < -0.3 is 5.11 Å². The zero-order valence-corrected chi connectivity index (χ0v) is 12.2. The first kappa shape index (κ1) is 15.0. The van der Waals surface area contributed by atoms with Crippen LogP contribution in [0.3, 0.4) is 0 Å². The first-order valence-corrected chi connectivity index (χ1v) is 6.73. The standard InChI is InChI=1S/C14H17N3O4/c1-4-5-6-17-11-10(12(18)16(3)14(17)21)9(13(19)20)7-8(2)15-11/h7H,4-6H2,1-3H3,(H,19,20). The van der Waals surface area contributed by atoms with Crippen LogP contribution < -0.4 is 11.2 Å². The van der Waals surface area contributed by atoms with Gasteiger partial charge in [-0.05, 0) is 19.4 Å². The minimum absolute atomic E-state index is 0.0219. The summed E-state index contributed by atoms with van der Waals surface area (Å²) in [6.07, 6.45) is 1.61. The predicted octanol–water partition coefficient (Wildman–Crippen LogP) is 0.902. The molecule has 7 nitrogen and oxygen atoms in total. The highest BCUT2D eigenvalue weighted by molar-refractivity contribution is 6.01. The second-order valence-electron chi connectivity index (χ2n) is 4.97. The average molecular weight is 291 g/mol. The Morgan fingerprint density at radius 2 is 2.05 bits per heavy atom. The second kappa shape index (κ2) is 5.51. The van der Waals surface area contributed by atoms with Crippen LogP contribution in [0, 0.1) is 6.92 Å². The number of hydrogen-bond acceptors (Lipinski definition) is 4. The van der Waals surface area contributed by atoms with Gasteiger partial charge in [0.25, 0.3) is 5.56 Å². The van der Waals surface area contributed by atoms with Crippen molar-refractivity contribution in [3.63, 3.8) is 0 Å². The molecule has 2 aromatic rings. The van der Waals surface area contributed by atoms with Crippen molar-refractivity contribution in [2.75, 3.05) is 0 Å². The quantitative estimate of drug-likeness (QED) is 0.903.